The van der Waals surface area contributed by atoms with Gasteiger partial charge < -0.3 is 9.73 Å². The van der Waals surface area contributed by atoms with Crippen molar-refractivity contribution in [3.05, 3.63) is 23.2 Å². The minimum atomic E-state index is -2.91. The molecule has 0 atom stereocenters. The van der Waals surface area contributed by atoms with Gasteiger partial charge >= 0.3 is 0 Å². The molecule has 0 spiro atoms. The highest BCUT2D eigenvalue weighted by Crippen LogP contribution is 2.16. The second kappa shape index (κ2) is 7.24. The molecular weight excluding hydrogens is 276 g/mol. The van der Waals surface area contributed by atoms with Gasteiger partial charge in [0.05, 0.1) is 18.8 Å². The minimum absolute atomic E-state index is 0.172. The molecule has 0 aliphatic rings. The lowest BCUT2D eigenvalue weighted by atomic mass is 10.2. The third-order valence-electron chi connectivity index (χ3n) is 3.01. The Labute approximate surface area is 122 Å². The monoisotopic (exact) mass is 302 g/mol. The molecular formula is C14H26N2O3S. The lowest BCUT2D eigenvalue weighted by Crippen LogP contribution is -2.24. The number of hydrogen-bond donors (Lipinski definition) is 1. The zero-order valence-electron chi connectivity index (χ0n) is 13.1. The van der Waals surface area contributed by atoms with Crippen molar-refractivity contribution in [2.45, 2.75) is 39.9 Å². The normalized spacial score (nSPS) is 12.6. The summed E-state index contributed by atoms with van der Waals surface area (Å²) in [6.45, 7) is 8.07. The van der Waals surface area contributed by atoms with E-state index in [1.54, 1.807) is 0 Å². The molecule has 0 fully saturated rings. The maximum Gasteiger partial charge on any atom is 0.148 e. The highest BCUT2D eigenvalue weighted by Gasteiger charge is 2.11. The van der Waals surface area contributed by atoms with Crippen molar-refractivity contribution in [3.8, 4) is 0 Å². The first-order valence-electron chi connectivity index (χ1n) is 6.85. The average Bonchev–Trinajstić information content (AvgIpc) is 2.63. The predicted octanol–water partition coefficient (Wildman–Crippen LogP) is 1.56. The Kier molecular flexibility index (Phi) is 6.23. The van der Waals surface area contributed by atoms with E-state index in [2.05, 4.69) is 19.2 Å². The van der Waals surface area contributed by atoms with Crippen LogP contribution >= 0.6 is 0 Å². The van der Waals surface area contributed by atoms with E-state index in [1.165, 1.54) is 6.26 Å². The number of hydrogen-bond acceptors (Lipinski definition) is 5. The van der Waals surface area contributed by atoms with Crippen molar-refractivity contribution < 1.29 is 12.8 Å². The van der Waals surface area contributed by atoms with Crippen molar-refractivity contribution in [3.63, 3.8) is 0 Å². The van der Waals surface area contributed by atoms with Crippen LogP contribution in [0, 0.1) is 6.92 Å². The third kappa shape index (κ3) is 6.54. The summed E-state index contributed by atoms with van der Waals surface area (Å²) < 4.78 is 28.1. The SMILES string of the molecule is Cc1cc(CN(C)CCS(C)(=O)=O)oc1CNC(C)C. The Hall–Kier alpha value is -0.850. The molecule has 6 heteroatoms. The fourth-order valence-corrected chi connectivity index (χ4v) is 2.45. The number of furan rings is 1. The van der Waals surface area contributed by atoms with Gasteiger partial charge in [-0.1, -0.05) is 13.8 Å². The number of nitrogens with zero attached hydrogens (tertiary/aromatic N) is 1. The summed E-state index contributed by atoms with van der Waals surface area (Å²) >= 11 is 0. The van der Waals surface area contributed by atoms with Gasteiger partial charge in [-0.15, -0.1) is 0 Å². The summed E-state index contributed by atoms with van der Waals surface area (Å²) in [7, 11) is -1.02. The van der Waals surface area contributed by atoms with Gasteiger partial charge in [-0.2, -0.15) is 0 Å². The van der Waals surface area contributed by atoms with Gasteiger partial charge in [0.15, 0.2) is 0 Å². The van der Waals surface area contributed by atoms with E-state index >= 15 is 0 Å². The summed E-state index contributed by atoms with van der Waals surface area (Å²) in [6, 6.07) is 2.44. The fraction of sp³-hybridized carbons (Fsp3) is 0.714. The first-order valence-corrected chi connectivity index (χ1v) is 8.91. The van der Waals surface area contributed by atoms with Gasteiger partial charge in [-0.25, -0.2) is 8.42 Å². The molecule has 1 heterocycles. The number of nitrogens with one attached hydrogen (secondary N) is 1. The van der Waals surface area contributed by atoms with Crippen LogP contribution in [0.1, 0.15) is 30.9 Å². The summed E-state index contributed by atoms with van der Waals surface area (Å²) in [6.07, 6.45) is 1.26. The molecule has 1 N–H and O–H groups in total. The van der Waals surface area contributed by atoms with E-state index < -0.39 is 9.84 Å². The van der Waals surface area contributed by atoms with E-state index in [0.717, 1.165) is 23.6 Å². The Morgan fingerprint density at radius 1 is 1.40 bits per heavy atom. The van der Waals surface area contributed by atoms with Crippen LogP contribution in [-0.2, 0) is 22.9 Å². The van der Waals surface area contributed by atoms with Crippen molar-refractivity contribution in [2.24, 2.45) is 0 Å². The molecule has 1 aromatic heterocycles. The molecule has 0 amide bonds. The van der Waals surface area contributed by atoms with Crippen LogP contribution in [0.25, 0.3) is 0 Å². The largest absolute Gasteiger partial charge is 0.463 e. The van der Waals surface area contributed by atoms with E-state index in [-0.39, 0.29) is 5.75 Å². The maximum absolute atomic E-state index is 11.1. The van der Waals surface area contributed by atoms with Crippen LogP contribution < -0.4 is 5.32 Å². The number of sulfone groups is 1. The summed E-state index contributed by atoms with van der Waals surface area (Å²) in [5.74, 6) is 1.99. The standard InChI is InChI=1S/C14H26N2O3S/c1-11(2)15-9-14-12(3)8-13(19-14)10-16(4)6-7-20(5,17)18/h8,11,15H,6-7,9-10H2,1-5H3. The molecule has 0 saturated carbocycles. The lowest BCUT2D eigenvalue weighted by Gasteiger charge is -2.14. The molecule has 1 aromatic rings. The van der Waals surface area contributed by atoms with Crippen molar-refractivity contribution >= 4 is 9.84 Å². The molecule has 0 aliphatic carbocycles. The third-order valence-corrected chi connectivity index (χ3v) is 3.94. The number of rotatable bonds is 8. The van der Waals surface area contributed by atoms with E-state index in [9.17, 15) is 8.42 Å². The van der Waals surface area contributed by atoms with Crippen LogP contribution in [0.2, 0.25) is 0 Å². The quantitative estimate of drug-likeness (QED) is 0.789. The molecule has 0 saturated heterocycles. The molecule has 20 heavy (non-hydrogen) atoms. The van der Waals surface area contributed by atoms with Crippen molar-refractivity contribution in [2.75, 3.05) is 25.6 Å². The second-order valence-corrected chi connectivity index (χ2v) is 7.98. The molecule has 0 aromatic carbocycles. The maximum atomic E-state index is 11.1. The molecule has 1 rings (SSSR count). The molecule has 5 nitrogen and oxygen atoms in total. The van der Waals surface area contributed by atoms with Gasteiger partial charge in [0.25, 0.3) is 0 Å². The van der Waals surface area contributed by atoms with Crippen LogP contribution in [-0.4, -0.2) is 45.0 Å². The van der Waals surface area contributed by atoms with Crippen LogP contribution in [0.15, 0.2) is 10.5 Å². The zero-order chi connectivity index (χ0) is 15.3. The highest BCUT2D eigenvalue weighted by molar-refractivity contribution is 7.90. The van der Waals surface area contributed by atoms with Gasteiger partial charge in [-0.3, -0.25) is 4.90 Å². The molecule has 0 bridgehead atoms. The zero-order valence-corrected chi connectivity index (χ0v) is 13.9. The summed E-state index contributed by atoms with van der Waals surface area (Å²) in [5.41, 5.74) is 1.13. The minimum Gasteiger partial charge on any atom is -0.463 e. The number of aryl methyl sites for hydroxylation is 1. The smallest absolute Gasteiger partial charge is 0.148 e. The lowest BCUT2D eigenvalue weighted by molar-refractivity contribution is 0.302. The summed E-state index contributed by atoms with van der Waals surface area (Å²) in [4.78, 5) is 1.96. The van der Waals surface area contributed by atoms with E-state index in [4.69, 9.17) is 4.42 Å². The predicted molar refractivity (Wildman–Crippen MR) is 81.5 cm³/mol. The average molecular weight is 302 g/mol. The van der Waals surface area contributed by atoms with E-state index in [1.807, 2.05) is 24.9 Å². The van der Waals surface area contributed by atoms with Crippen molar-refractivity contribution in [1.82, 2.24) is 10.2 Å². The van der Waals surface area contributed by atoms with Crippen LogP contribution in [0.4, 0.5) is 0 Å². The molecule has 0 aliphatic heterocycles. The Morgan fingerprint density at radius 3 is 2.60 bits per heavy atom. The van der Waals surface area contributed by atoms with Gasteiger partial charge in [-0.05, 0) is 25.6 Å². The van der Waals surface area contributed by atoms with Gasteiger partial charge in [0.2, 0.25) is 0 Å². The molecule has 0 unspecified atom stereocenters. The molecule has 0 radical (unpaired) electrons. The van der Waals surface area contributed by atoms with Crippen molar-refractivity contribution in [1.29, 1.82) is 0 Å². The van der Waals surface area contributed by atoms with Crippen LogP contribution in [0.3, 0.4) is 0 Å². The Balaban J connectivity index is 2.53. The fourth-order valence-electron chi connectivity index (χ4n) is 1.81. The van der Waals surface area contributed by atoms with Gasteiger partial charge in [0, 0.05) is 18.8 Å². The van der Waals surface area contributed by atoms with E-state index in [0.29, 0.717) is 19.1 Å². The topological polar surface area (TPSA) is 62.6 Å². The first-order chi connectivity index (χ1) is 9.17. The highest BCUT2D eigenvalue weighted by atomic mass is 32.2. The Morgan fingerprint density at radius 2 is 2.05 bits per heavy atom. The first kappa shape index (κ1) is 17.2. The summed E-state index contributed by atoms with van der Waals surface area (Å²) in [5, 5.41) is 3.33. The van der Waals surface area contributed by atoms with Gasteiger partial charge in [0.1, 0.15) is 21.4 Å². The molecule has 116 valence electrons. The second-order valence-electron chi connectivity index (χ2n) is 5.72. The Bertz CT molecular complexity index is 521. The van der Waals surface area contributed by atoms with Crippen LogP contribution in [0.5, 0.6) is 0 Å².